The van der Waals surface area contributed by atoms with E-state index in [0.29, 0.717) is 6.07 Å². The van der Waals surface area contributed by atoms with E-state index in [4.69, 9.17) is 5.11 Å². The first kappa shape index (κ1) is 14.8. The predicted octanol–water partition coefficient (Wildman–Crippen LogP) is 2.95. The molecule has 5 nitrogen and oxygen atoms in total. The van der Waals surface area contributed by atoms with Gasteiger partial charge in [0.2, 0.25) is 0 Å². The summed E-state index contributed by atoms with van der Waals surface area (Å²) in [5, 5.41) is 18.9. The number of carboxylic acids is 1. The highest BCUT2D eigenvalue weighted by Crippen LogP contribution is 2.44. The van der Waals surface area contributed by atoms with Crippen LogP contribution in [0.25, 0.3) is 0 Å². The zero-order chi connectivity index (χ0) is 15.0. The molecule has 1 rings (SSSR count). The Morgan fingerprint density at radius 2 is 1.68 bits per heavy atom. The number of nitrogens with zero attached hydrogens (tertiary/aromatic N) is 1. The lowest BCUT2D eigenvalue weighted by atomic mass is 10.0. The zero-order valence-electron chi connectivity index (χ0n) is 8.74. The number of non-ortho nitro benzene ring substituents is 1. The van der Waals surface area contributed by atoms with Crippen LogP contribution in [0.4, 0.5) is 27.6 Å². The van der Waals surface area contributed by atoms with Gasteiger partial charge in [-0.3, -0.25) is 10.1 Å². The average molecular weight is 285 g/mol. The Labute approximate surface area is 101 Å². The van der Waals surface area contributed by atoms with Crippen LogP contribution < -0.4 is 0 Å². The maximum absolute atomic E-state index is 13.0. The second kappa shape index (κ2) is 4.44. The molecule has 0 atom stereocenters. The molecule has 0 saturated carbocycles. The minimum atomic E-state index is -5.99. The van der Waals surface area contributed by atoms with Gasteiger partial charge >= 0.3 is 18.1 Å². The van der Waals surface area contributed by atoms with Crippen molar-refractivity contribution < 1.29 is 36.8 Å². The molecular formula is C9H4F5NO4. The number of carbonyl (C=O) groups is 1. The number of hydrogen-bond acceptors (Lipinski definition) is 3. The summed E-state index contributed by atoms with van der Waals surface area (Å²) < 4.78 is 62.4. The van der Waals surface area contributed by atoms with Crippen molar-refractivity contribution in [3.05, 3.63) is 39.4 Å². The number of hydrogen-bond donors (Lipinski definition) is 1. The summed E-state index contributed by atoms with van der Waals surface area (Å²) >= 11 is 0. The van der Waals surface area contributed by atoms with Crippen molar-refractivity contribution >= 4 is 11.7 Å². The third kappa shape index (κ3) is 2.77. The van der Waals surface area contributed by atoms with Gasteiger partial charge in [-0.1, -0.05) is 0 Å². The Morgan fingerprint density at radius 1 is 1.16 bits per heavy atom. The molecule has 1 aromatic carbocycles. The van der Waals surface area contributed by atoms with E-state index in [0.717, 1.165) is 0 Å². The first-order valence-corrected chi connectivity index (χ1v) is 4.44. The van der Waals surface area contributed by atoms with Gasteiger partial charge < -0.3 is 5.11 Å². The summed E-state index contributed by atoms with van der Waals surface area (Å²) in [6.45, 7) is 0. The Morgan fingerprint density at radius 3 is 2.05 bits per heavy atom. The van der Waals surface area contributed by atoms with Gasteiger partial charge in [0.1, 0.15) is 0 Å². The van der Waals surface area contributed by atoms with E-state index in [1.165, 1.54) is 0 Å². The summed E-state index contributed by atoms with van der Waals surface area (Å²) in [4.78, 5) is 19.7. The van der Waals surface area contributed by atoms with Gasteiger partial charge in [-0.05, 0) is 6.07 Å². The van der Waals surface area contributed by atoms with Crippen molar-refractivity contribution in [3.63, 3.8) is 0 Å². The van der Waals surface area contributed by atoms with Gasteiger partial charge in [0.05, 0.1) is 10.5 Å². The van der Waals surface area contributed by atoms with Crippen molar-refractivity contribution in [2.45, 2.75) is 12.1 Å². The molecule has 0 aromatic heterocycles. The SMILES string of the molecule is O=C(O)c1cc([N+](=O)[O-])cc(C(F)(F)C(F)(F)F)c1. The van der Waals surface area contributed by atoms with Crippen LogP contribution in [0.5, 0.6) is 0 Å². The third-order valence-electron chi connectivity index (χ3n) is 2.09. The second-order valence-electron chi connectivity index (χ2n) is 3.40. The molecule has 0 amide bonds. The maximum atomic E-state index is 13.0. The van der Waals surface area contributed by atoms with Gasteiger partial charge in [-0.15, -0.1) is 0 Å². The number of halogens is 5. The van der Waals surface area contributed by atoms with Gasteiger partial charge in [0, 0.05) is 17.7 Å². The van der Waals surface area contributed by atoms with Crippen LogP contribution in [0.2, 0.25) is 0 Å². The van der Waals surface area contributed by atoms with E-state index >= 15 is 0 Å². The molecule has 0 unspecified atom stereocenters. The molecule has 0 heterocycles. The van der Waals surface area contributed by atoms with Crippen molar-refractivity contribution in [2.75, 3.05) is 0 Å². The molecule has 1 aromatic rings. The number of carboxylic acid groups (broad SMARTS) is 1. The Kier molecular flexibility index (Phi) is 3.46. The molecule has 104 valence electrons. The normalized spacial score (nSPS) is 12.3. The quantitative estimate of drug-likeness (QED) is 0.526. The number of nitro benzene ring substituents is 1. The highest BCUT2D eigenvalue weighted by Gasteiger charge is 2.59. The molecule has 0 bridgehead atoms. The van der Waals surface area contributed by atoms with Crippen LogP contribution in [-0.4, -0.2) is 22.2 Å². The summed E-state index contributed by atoms with van der Waals surface area (Å²) in [6.07, 6.45) is -5.99. The van der Waals surface area contributed by atoms with E-state index < -0.39 is 39.8 Å². The van der Waals surface area contributed by atoms with E-state index in [2.05, 4.69) is 0 Å². The van der Waals surface area contributed by atoms with E-state index in [1.54, 1.807) is 0 Å². The molecule has 0 radical (unpaired) electrons. The fourth-order valence-corrected chi connectivity index (χ4v) is 1.18. The molecule has 19 heavy (non-hydrogen) atoms. The summed E-state index contributed by atoms with van der Waals surface area (Å²) in [7, 11) is 0. The molecular weight excluding hydrogens is 281 g/mol. The summed E-state index contributed by atoms with van der Waals surface area (Å²) in [5.74, 6) is -7.24. The van der Waals surface area contributed by atoms with Crippen LogP contribution in [0.15, 0.2) is 18.2 Å². The lowest BCUT2D eigenvalue weighted by molar-refractivity contribution is -0.385. The molecule has 10 heteroatoms. The van der Waals surface area contributed by atoms with Gasteiger partial charge in [-0.2, -0.15) is 22.0 Å². The molecule has 0 aliphatic rings. The minimum absolute atomic E-state index is 0.0140. The van der Waals surface area contributed by atoms with Crippen LogP contribution in [0, 0.1) is 10.1 Å². The summed E-state index contributed by atoms with van der Waals surface area (Å²) in [6, 6.07) is 0.418. The van der Waals surface area contributed by atoms with E-state index in [-0.39, 0.29) is 12.1 Å². The first-order valence-electron chi connectivity index (χ1n) is 4.44. The van der Waals surface area contributed by atoms with Crippen molar-refractivity contribution in [1.82, 2.24) is 0 Å². The van der Waals surface area contributed by atoms with Gasteiger partial charge in [-0.25, -0.2) is 4.79 Å². The van der Waals surface area contributed by atoms with Gasteiger partial charge in [0.25, 0.3) is 5.69 Å². The number of alkyl halides is 5. The number of benzene rings is 1. The fourth-order valence-electron chi connectivity index (χ4n) is 1.18. The molecule has 0 aliphatic carbocycles. The van der Waals surface area contributed by atoms with E-state index in [9.17, 15) is 36.9 Å². The average Bonchev–Trinajstić information content (AvgIpc) is 2.26. The zero-order valence-corrected chi connectivity index (χ0v) is 8.74. The van der Waals surface area contributed by atoms with Crippen LogP contribution in [0.1, 0.15) is 15.9 Å². The van der Waals surface area contributed by atoms with Crippen LogP contribution in [-0.2, 0) is 5.92 Å². The minimum Gasteiger partial charge on any atom is -0.478 e. The highest BCUT2D eigenvalue weighted by molar-refractivity contribution is 5.88. The van der Waals surface area contributed by atoms with Crippen molar-refractivity contribution in [2.24, 2.45) is 0 Å². The Bertz CT molecular complexity index is 508. The third-order valence-corrected chi connectivity index (χ3v) is 2.09. The van der Waals surface area contributed by atoms with Crippen LogP contribution in [0.3, 0.4) is 0 Å². The number of aromatic carboxylic acids is 1. The lowest BCUT2D eigenvalue weighted by Crippen LogP contribution is -2.33. The number of nitro groups is 1. The molecule has 0 aliphatic heterocycles. The topological polar surface area (TPSA) is 80.4 Å². The van der Waals surface area contributed by atoms with Gasteiger partial charge in [0.15, 0.2) is 0 Å². The maximum Gasteiger partial charge on any atom is 0.458 e. The fraction of sp³-hybridized carbons (Fsp3) is 0.222. The number of rotatable bonds is 3. The molecule has 0 fully saturated rings. The molecule has 1 N–H and O–H groups in total. The largest absolute Gasteiger partial charge is 0.478 e. The standard InChI is InChI=1S/C9H4F5NO4/c10-8(11,9(12,13)14)5-1-4(7(16)17)2-6(3-5)15(18)19/h1-3H,(H,16,17). The Hall–Kier alpha value is -2.26. The second-order valence-corrected chi connectivity index (χ2v) is 3.40. The predicted molar refractivity (Wildman–Crippen MR) is 50.0 cm³/mol. The van der Waals surface area contributed by atoms with Crippen molar-refractivity contribution in [1.29, 1.82) is 0 Å². The lowest BCUT2D eigenvalue weighted by Gasteiger charge is -2.19. The van der Waals surface area contributed by atoms with Crippen molar-refractivity contribution in [3.8, 4) is 0 Å². The summed E-state index contributed by atoms with van der Waals surface area (Å²) in [5.41, 5.74) is -4.00. The highest BCUT2D eigenvalue weighted by atomic mass is 19.4. The first-order chi connectivity index (χ1) is 8.46. The van der Waals surface area contributed by atoms with E-state index in [1.807, 2.05) is 0 Å². The molecule has 0 saturated heterocycles. The van der Waals surface area contributed by atoms with Crippen LogP contribution >= 0.6 is 0 Å². The molecule has 0 spiro atoms. The monoisotopic (exact) mass is 285 g/mol. The smallest absolute Gasteiger partial charge is 0.458 e. The Balaban J connectivity index is 3.52.